The van der Waals surface area contributed by atoms with E-state index in [1.165, 1.54) is 18.3 Å². The van der Waals surface area contributed by atoms with Crippen molar-refractivity contribution in [2.75, 3.05) is 38.5 Å². The third-order valence-electron chi connectivity index (χ3n) is 4.95. The average molecular weight is 518 g/mol. The molecule has 0 aliphatic carbocycles. The van der Waals surface area contributed by atoms with Gasteiger partial charge in [0.2, 0.25) is 0 Å². The van der Waals surface area contributed by atoms with Crippen molar-refractivity contribution in [1.29, 1.82) is 0 Å². The van der Waals surface area contributed by atoms with Gasteiger partial charge in [0.05, 0.1) is 16.8 Å². The van der Waals surface area contributed by atoms with Gasteiger partial charge in [0.1, 0.15) is 0 Å². The van der Waals surface area contributed by atoms with Gasteiger partial charge in [-0.1, -0.05) is 6.07 Å². The van der Waals surface area contributed by atoms with Crippen LogP contribution in [0.25, 0.3) is 0 Å². The maximum absolute atomic E-state index is 13.7. The van der Waals surface area contributed by atoms with Crippen molar-refractivity contribution >= 4 is 34.2 Å². The molecule has 1 N–H and O–H groups in total. The largest absolute Gasteiger partial charge is 0.416 e. The maximum Gasteiger partial charge on any atom is 0.416 e. The summed E-state index contributed by atoms with van der Waals surface area (Å²) in [6, 6.07) is 5.64. The predicted molar refractivity (Wildman–Crippen MR) is 114 cm³/mol. The van der Waals surface area contributed by atoms with Crippen LogP contribution in [0.3, 0.4) is 0 Å². The molecule has 1 aliphatic rings. The molecule has 1 fully saturated rings. The number of aryl methyl sites for hydroxylation is 1. The first-order valence-electron chi connectivity index (χ1n) is 9.18. The van der Waals surface area contributed by atoms with E-state index in [1.54, 1.807) is 6.07 Å². The van der Waals surface area contributed by atoms with Crippen molar-refractivity contribution in [3.05, 3.63) is 56.4 Å². The average Bonchev–Trinajstić information content (AvgIpc) is 2.66. The van der Waals surface area contributed by atoms with E-state index in [9.17, 15) is 18.0 Å². The summed E-state index contributed by atoms with van der Waals surface area (Å²) in [5.74, 6) is -0.490. The fourth-order valence-corrected chi connectivity index (χ4v) is 3.61. The van der Waals surface area contributed by atoms with E-state index in [-0.39, 0.29) is 17.8 Å². The van der Waals surface area contributed by atoms with Crippen molar-refractivity contribution in [2.45, 2.75) is 19.6 Å². The molecule has 0 saturated carbocycles. The van der Waals surface area contributed by atoms with Crippen LogP contribution >= 0.6 is 22.6 Å². The van der Waals surface area contributed by atoms with Gasteiger partial charge < -0.3 is 10.2 Å². The second kappa shape index (κ2) is 8.97. The van der Waals surface area contributed by atoms with Crippen LogP contribution in [-0.4, -0.2) is 53.9 Å². The number of pyridine rings is 1. The number of alkyl halides is 3. The standard InChI is InChI=1S/C20H22F3IN4O/c1-13-18(24)9-15(11-25-13)19(29)26-16-4-3-14(17(10-16)20(21,22)23)12-28-7-5-27(2)6-8-28/h3-4,9-11H,5-8,12H2,1-2H3,(H,26,29). The third kappa shape index (κ3) is 5.67. The minimum absolute atomic E-state index is 0.111. The number of likely N-dealkylation sites (N-methyl/N-ethyl adjacent to an activating group) is 1. The Hall–Kier alpha value is -1.72. The molecule has 1 aliphatic heterocycles. The number of nitrogens with zero attached hydrogens (tertiary/aromatic N) is 3. The van der Waals surface area contributed by atoms with Crippen molar-refractivity contribution < 1.29 is 18.0 Å². The highest BCUT2D eigenvalue weighted by atomic mass is 127. The summed E-state index contributed by atoms with van der Waals surface area (Å²) < 4.78 is 41.8. The molecule has 0 unspecified atom stereocenters. The van der Waals surface area contributed by atoms with Gasteiger partial charge in [0.15, 0.2) is 0 Å². The Morgan fingerprint density at radius 2 is 1.90 bits per heavy atom. The van der Waals surface area contributed by atoms with Crippen LogP contribution in [0.4, 0.5) is 18.9 Å². The fraction of sp³-hybridized carbons (Fsp3) is 0.400. The molecule has 0 bridgehead atoms. The molecule has 9 heteroatoms. The molecule has 1 aromatic heterocycles. The number of hydrogen-bond donors (Lipinski definition) is 1. The van der Waals surface area contributed by atoms with Crippen molar-refractivity contribution in [3.63, 3.8) is 0 Å². The summed E-state index contributed by atoms with van der Waals surface area (Å²) in [6.45, 7) is 5.17. The fourth-order valence-electron chi connectivity index (χ4n) is 3.14. The Morgan fingerprint density at radius 1 is 1.21 bits per heavy atom. The lowest BCUT2D eigenvalue weighted by atomic mass is 10.0. The number of benzene rings is 1. The number of carbonyl (C=O) groups is 1. The van der Waals surface area contributed by atoms with Crippen LogP contribution < -0.4 is 5.32 Å². The molecular weight excluding hydrogens is 496 g/mol. The molecule has 3 rings (SSSR count). The SMILES string of the molecule is Cc1ncc(C(=O)Nc2ccc(CN3CCN(C)CC3)c(C(F)(F)F)c2)cc1I. The molecule has 0 spiro atoms. The summed E-state index contributed by atoms with van der Waals surface area (Å²) >= 11 is 2.06. The Morgan fingerprint density at radius 3 is 2.52 bits per heavy atom. The zero-order chi connectivity index (χ0) is 21.2. The molecular formula is C20H22F3IN4O. The highest BCUT2D eigenvalue weighted by Crippen LogP contribution is 2.34. The summed E-state index contributed by atoms with van der Waals surface area (Å²) in [5, 5.41) is 2.55. The molecule has 1 amide bonds. The summed E-state index contributed by atoms with van der Waals surface area (Å²) in [5.41, 5.74) is 0.697. The van der Waals surface area contributed by atoms with Crippen LogP contribution in [-0.2, 0) is 12.7 Å². The normalized spacial score (nSPS) is 16.1. The van der Waals surface area contributed by atoms with Crippen molar-refractivity contribution in [2.24, 2.45) is 0 Å². The molecule has 2 heterocycles. The second-order valence-corrected chi connectivity index (χ2v) is 8.36. The van der Waals surface area contributed by atoms with Gasteiger partial charge in [-0.2, -0.15) is 13.2 Å². The van der Waals surface area contributed by atoms with Gasteiger partial charge in [-0.15, -0.1) is 0 Å². The van der Waals surface area contributed by atoms with E-state index in [0.29, 0.717) is 5.56 Å². The monoisotopic (exact) mass is 518 g/mol. The lowest BCUT2D eigenvalue weighted by Crippen LogP contribution is -2.44. The minimum atomic E-state index is -4.50. The van der Waals surface area contributed by atoms with E-state index in [1.807, 2.05) is 18.9 Å². The number of carbonyl (C=O) groups excluding carboxylic acids is 1. The van der Waals surface area contributed by atoms with E-state index in [0.717, 1.165) is 41.5 Å². The van der Waals surface area contributed by atoms with Gasteiger partial charge in [-0.25, -0.2) is 0 Å². The number of nitrogens with one attached hydrogen (secondary N) is 1. The molecule has 5 nitrogen and oxygen atoms in total. The number of amides is 1. The number of rotatable bonds is 4. The summed E-state index contributed by atoms with van der Waals surface area (Å²) in [6.07, 6.45) is -3.08. The topological polar surface area (TPSA) is 48.5 Å². The van der Waals surface area contributed by atoms with Gasteiger partial charge in [0, 0.05) is 48.2 Å². The Kier molecular flexibility index (Phi) is 6.79. The quantitative estimate of drug-likeness (QED) is 0.622. The first-order chi connectivity index (χ1) is 13.6. The first kappa shape index (κ1) is 22.0. The van der Waals surface area contributed by atoms with Crippen molar-refractivity contribution in [3.8, 4) is 0 Å². The Labute approximate surface area is 181 Å². The highest BCUT2D eigenvalue weighted by Gasteiger charge is 2.34. The molecule has 29 heavy (non-hydrogen) atoms. The van der Waals surface area contributed by atoms with E-state index in [4.69, 9.17) is 0 Å². The van der Waals surface area contributed by atoms with Gasteiger partial charge in [0.25, 0.3) is 5.91 Å². The van der Waals surface area contributed by atoms with Crippen LogP contribution in [0.15, 0.2) is 30.5 Å². The Balaban J connectivity index is 1.79. The van der Waals surface area contributed by atoms with Crippen LogP contribution in [0.1, 0.15) is 27.2 Å². The summed E-state index contributed by atoms with van der Waals surface area (Å²) in [7, 11) is 2.00. The molecule has 0 radical (unpaired) electrons. The van der Waals surface area contributed by atoms with Gasteiger partial charge in [-0.3, -0.25) is 14.7 Å². The van der Waals surface area contributed by atoms with E-state index >= 15 is 0 Å². The number of aromatic nitrogens is 1. The van der Waals surface area contributed by atoms with Gasteiger partial charge >= 0.3 is 6.18 Å². The van der Waals surface area contributed by atoms with Crippen LogP contribution in [0, 0.1) is 10.5 Å². The molecule has 1 saturated heterocycles. The van der Waals surface area contributed by atoms with E-state index in [2.05, 4.69) is 37.8 Å². The van der Waals surface area contributed by atoms with Crippen LogP contribution in [0.5, 0.6) is 0 Å². The molecule has 0 atom stereocenters. The van der Waals surface area contributed by atoms with Crippen LogP contribution in [0.2, 0.25) is 0 Å². The summed E-state index contributed by atoms with van der Waals surface area (Å²) in [4.78, 5) is 20.7. The second-order valence-electron chi connectivity index (χ2n) is 7.19. The maximum atomic E-state index is 13.7. The first-order valence-corrected chi connectivity index (χ1v) is 10.3. The Bertz CT molecular complexity index is 896. The number of piperazine rings is 1. The predicted octanol–water partition coefficient (Wildman–Crippen LogP) is 4.01. The minimum Gasteiger partial charge on any atom is -0.322 e. The molecule has 2 aromatic rings. The number of hydrogen-bond acceptors (Lipinski definition) is 4. The van der Waals surface area contributed by atoms with E-state index < -0.39 is 17.6 Å². The molecule has 1 aromatic carbocycles. The number of halogens is 4. The van der Waals surface area contributed by atoms with Crippen molar-refractivity contribution in [1.82, 2.24) is 14.8 Å². The zero-order valence-corrected chi connectivity index (χ0v) is 18.3. The third-order valence-corrected chi connectivity index (χ3v) is 6.04. The zero-order valence-electron chi connectivity index (χ0n) is 16.2. The number of anilines is 1. The smallest absolute Gasteiger partial charge is 0.322 e. The lowest BCUT2D eigenvalue weighted by molar-refractivity contribution is -0.138. The van der Waals surface area contributed by atoms with Gasteiger partial charge in [-0.05, 0) is 60.3 Å². The molecule has 156 valence electrons. The lowest BCUT2D eigenvalue weighted by Gasteiger charge is -2.33. The highest BCUT2D eigenvalue weighted by molar-refractivity contribution is 14.1.